The van der Waals surface area contributed by atoms with Gasteiger partial charge in [0.1, 0.15) is 6.33 Å². The van der Waals surface area contributed by atoms with Gasteiger partial charge in [0.25, 0.3) is 0 Å². The number of hydrogen-bond donors (Lipinski definition) is 2. The Morgan fingerprint density at radius 3 is 2.39 bits per heavy atom. The molecule has 18 heavy (non-hydrogen) atoms. The molecule has 1 rings (SSSR count). The molecule has 5 heteroatoms. The zero-order chi connectivity index (χ0) is 13.8. The van der Waals surface area contributed by atoms with E-state index in [0.29, 0.717) is 17.5 Å². The van der Waals surface area contributed by atoms with E-state index in [4.69, 9.17) is 4.74 Å². The summed E-state index contributed by atoms with van der Waals surface area (Å²) in [4.78, 5) is 8.34. The number of anilines is 2. The van der Waals surface area contributed by atoms with E-state index in [1.54, 1.807) is 7.11 Å². The highest BCUT2D eigenvalue weighted by Gasteiger charge is 2.20. The minimum atomic E-state index is 0.263. The Bertz CT molecular complexity index is 387. The van der Waals surface area contributed by atoms with Crippen LogP contribution in [-0.2, 0) is 0 Å². The molecule has 5 nitrogen and oxygen atoms in total. The molecule has 0 radical (unpaired) electrons. The van der Waals surface area contributed by atoms with Crippen LogP contribution < -0.4 is 15.4 Å². The number of aromatic nitrogens is 2. The zero-order valence-electron chi connectivity index (χ0n) is 12.2. The van der Waals surface area contributed by atoms with Crippen LogP contribution in [0.2, 0.25) is 0 Å². The fraction of sp³-hybridized carbons (Fsp3) is 0.692. The largest absolute Gasteiger partial charge is 0.490 e. The first-order chi connectivity index (χ1) is 8.40. The number of methoxy groups -OCH3 is 1. The normalized spacial score (nSPS) is 13.0. The lowest BCUT2D eigenvalue weighted by molar-refractivity contribution is 0.274. The van der Waals surface area contributed by atoms with Crippen molar-refractivity contribution in [2.24, 2.45) is 11.3 Å². The van der Waals surface area contributed by atoms with Crippen molar-refractivity contribution < 1.29 is 4.74 Å². The van der Waals surface area contributed by atoms with Crippen molar-refractivity contribution in [3.05, 3.63) is 6.33 Å². The van der Waals surface area contributed by atoms with Crippen LogP contribution >= 0.6 is 0 Å². The molecule has 0 saturated heterocycles. The average Bonchev–Trinajstić information content (AvgIpc) is 2.33. The van der Waals surface area contributed by atoms with Crippen LogP contribution in [0.25, 0.3) is 0 Å². The maximum absolute atomic E-state index is 5.34. The number of ether oxygens (including phenoxy) is 1. The monoisotopic (exact) mass is 252 g/mol. The zero-order valence-corrected chi connectivity index (χ0v) is 12.2. The fourth-order valence-electron chi connectivity index (χ4n) is 1.43. The molecule has 0 bridgehead atoms. The van der Waals surface area contributed by atoms with E-state index >= 15 is 0 Å². The maximum Gasteiger partial charge on any atom is 0.204 e. The van der Waals surface area contributed by atoms with Crippen molar-refractivity contribution in [2.45, 2.75) is 27.7 Å². The number of nitrogens with zero attached hydrogens (tertiary/aromatic N) is 2. The third-order valence-electron chi connectivity index (χ3n) is 3.30. The first-order valence-corrected chi connectivity index (χ1v) is 6.20. The van der Waals surface area contributed by atoms with Crippen LogP contribution in [0.4, 0.5) is 11.6 Å². The Balaban J connectivity index is 2.79. The van der Waals surface area contributed by atoms with E-state index in [0.717, 1.165) is 12.4 Å². The summed E-state index contributed by atoms with van der Waals surface area (Å²) in [5, 5.41) is 6.32. The van der Waals surface area contributed by atoms with Gasteiger partial charge in [-0.05, 0) is 11.3 Å². The molecule has 0 saturated carbocycles. The molecule has 1 unspecified atom stereocenters. The molecular weight excluding hydrogens is 228 g/mol. The van der Waals surface area contributed by atoms with Crippen molar-refractivity contribution in [3.63, 3.8) is 0 Å². The van der Waals surface area contributed by atoms with Crippen LogP contribution in [-0.4, -0.2) is 30.7 Å². The second kappa shape index (κ2) is 5.89. The van der Waals surface area contributed by atoms with E-state index in [2.05, 4.69) is 48.3 Å². The van der Waals surface area contributed by atoms with Crippen molar-refractivity contribution in [1.82, 2.24) is 9.97 Å². The number of hydrogen-bond acceptors (Lipinski definition) is 5. The topological polar surface area (TPSA) is 59.1 Å². The van der Waals surface area contributed by atoms with Crippen LogP contribution in [0.3, 0.4) is 0 Å². The molecule has 1 atom stereocenters. The molecule has 0 aliphatic rings. The quantitative estimate of drug-likeness (QED) is 0.843. The molecule has 0 fully saturated rings. The van der Waals surface area contributed by atoms with Gasteiger partial charge in [0.2, 0.25) is 5.75 Å². The summed E-state index contributed by atoms with van der Waals surface area (Å²) in [6, 6.07) is 0. The highest BCUT2D eigenvalue weighted by molar-refractivity contribution is 5.63. The second-order valence-corrected chi connectivity index (χ2v) is 5.50. The van der Waals surface area contributed by atoms with Gasteiger partial charge in [0.05, 0.1) is 7.11 Å². The average molecular weight is 252 g/mol. The Hall–Kier alpha value is -1.52. The summed E-state index contributed by atoms with van der Waals surface area (Å²) in [6.45, 7) is 9.76. The van der Waals surface area contributed by atoms with Gasteiger partial charge in [-0.25, -0.2) is 9.97 Å². The van der Waals surface area contributed by atoms with E-state index < -0.39 is 0 Å². The summed E-state index contributed by atoms with van der Waals surface area (Å²) in [5.74, 6) is 2.60. The SMILES string of the molecule is CNc1ncnc(NCC(C)C(C)(C)C)c1OC. The van der Waals surface area contributed by atoms with Crippen molar-refractivity contribution in [2.75, 3.05) is 31.3 Å². The molecule has 1 aromatic rings. The Morgan fingerprint density at radius 2 is 1.89 bits per heavy atom. The molecule has 1 heterocycles. The summed E-state index contributed by atoms with van der Waals surface area (Å²) in [6.07, 6.45) is 1.53. The molecule has 0 aromatic carbocycles. The smallest absolute Gasteiger partial charge is 0.204 e. The molecular formula is C13H24N4O. The highest BCUT2D eigenvalue weighted by atomic mass is 16.5. The van der Waals surface area contributed by atoms with E-state index in [9.17, 15) is 0 Å². The van der Waals surface area contributed by atoms with Crippen LogP contribution in [0, 0.1) is 11.3 Å². The molecule has 0 spiro atoms. The molecule has 102 valence electrons. The van der Waals surface area contributed by atoms with Gasteiger partial charge in [0, 0.05) is 13.6 Å². The first kappa shape index (κ1) is 14.5. The molecule has 1 aromatic heterocycles. The van der Waals surface area contributed by atoms with Gasteiger partial charge in [-0.2, -0.15) is 0 Å². The van der Waals surface area contributed by atoms with Gasteiger partial charge < -0.3 is 15.4 Å². The lowest BCUT2D eigenvalue weighted by Gasteiger charge is -2.27. The lowest BCUT2D eigenvalue weighted by Crippen LogP contribution is -2.25. The second-order valence-electron chi connectivity index (χ2n) is 5.50. The minimum absolute atomic E-state index is 0.263. The summed E-state index contributed by atoms with van der Waals surface area (Å²) in [7, 11) is 3.43. The first-order valence-electron chi connectivity index (χ1n) is 6.20. The fourth-order valence-corrected chi connectivity index (χ4v) is 1.43. The molecule has 0 amide bonds. The van der Waals surface area contributed by atoms with Crippen LogP contribution in [0.1, 0.15) is 27.7 Å². The Labute approximate surface area is 109 Å². The van der Waals surface area contributed by atoms with Crippen molar-refractivity contribution >= 4 is 11.6 Å². The van der Waals surface area contributed by atoms with Gasteiger partial charge in [-0.1, -0.05) is 27.7 Å². The third-order valence-corrected chi connectivity index (χ3v) is 3.30. The lowest BCUT2D eigenvalue weighted by atomic mass is 9.82. The number of nitrogens with one attached hydrogen (secondary N) is 2. The van der Waals surface area contributed by atoms with Gasteiger partial charge in [0.15, 0.2) is 11.6 Å². The third kappa shape index (κ3) is 3.48. The van der Waals surface area contributed by atoms with E-state index in [-0.39, 0.29) is 5.41 Å². The maximum atomic E-state index is 5.34. The van der Waals surface area contributed by atoms with Crippen molar-refractivity contribution in [1.29, 1.82) is 0 Å². The predicted molar refractivity (Wildman–Crippen MR) is 75.2 cm³/mol. The van der Waals surface area contributed by atoms with Gasteiger partial charge in [-0.15, -0.1) is 0 Å². The summed E-state index contributed by atoms with van der Waals surface area (Å²) < 4.78 is 5.34. The Morgan fingerprint density at radius 1 is 1.28 bits per heavy atom. The van der Waals surface area contributed by atoms with Crippen LogP contribution in [0.15, 0.2) is 6.33 Å². The molecule has 0 aliphatic carbocycles. The van der Waals surface area contributed by atoms with E-state index in [1.807, 2.05) is 7.05 Å². The summed E-state index contributed by atoms with van der Waals surface area (Å²) >= 11 is 0. The predicted octanol–water partition coefficient (Wildman–Crippen LogP) is 2.62. The van der Waals surface area contributed by atoms with Gasteiger partial charge >= 0.3 is 0 Å². The molecule has 2 N–H and O–H groups in total. The number of rotatable bonds is 5. The highest BCUT2D eigenvalue weighted by Crippen LogP contribution is 2.30. The molecule has 0 aliphatic heterocycles. The van der Waals surface area contributed by atoms with Crippen molar-refractivity contribution in [3.8, 4) is 5.75 Å². The minimum Gasteiger partial charge on any atom is -0.490 e. The van der Waals surface area contributed by atoms with Gasteiger partial charge in [-0.3, -0.25) is 0 Å². The van der Waals surface area contributed by atoms with Crippen LogP contribution in [0.5, 0.6) is 5.75 Å². The van der Waals surface area contributed by atoms with E-state index in [1.165, 1.54) is 6.33 Å². The summed E-state index contributed by atoms with van der Waals surface area (Å²) in [5.41, 5.74) is 0.263. The Kier molecular flexibility index (Phi) is 4.76. The standard InChI is InChI=1S/C13H24N4O/c1-9(13(2,3)4)7-15-12-10(18-6)11(14-5)16-8-17-12/h8-9H,7H2,1-6H3,(H2,14,15,16,17).